The lowest BCUT2D eigenvalue weighted by Gasteiger charge is -2.22. The minimum absolute atomic E-state index is 0.0485. The second kappa shape index (κ2) is 7.14. The predicted octanol–water partition coefficient (Wildman–Crippen LogP) is 1.73. The normalized spacial score (nSPS) is 11.2. The number of carbonyl (C=O) groups is 1. The van der Waals surface area contributed by atoms with Crippen LogP contribution in [0.4, 0.5) is 0 Å². The molecule has 4 heteroatoms. The Hall–Kier alpha value is -1.55. The van der Waals surface area contributed by atoms with Gasteiger partial charge in [-0.1, -0.05) is 32.0 Å². The van der Waals surface area contributed by atoms with Gasteiger partial charge in [-0.15, -0.1) is 0 Å². The third-order valence-electron chi connectivity index (χ3n) is 3.13. The van der Waals surface area contributed by atoms with Crippen molar-refractivity contribution in [3.8, 4) is 5.75 Å². The summed E-state index contributed by atoms with van der Waals surface area (Å²) in [5, 5.41) is 2.92. The van der Waals surface area contributed by atoms with Crippen LogP contribution in [0.2, 0.25) is 0 Å². The lowest BCUT2D eigenvalue weighted by Crippen LogP contribution is -2.38. The molecule has 0 saturated heterocycles. The van der Waals surface area contributed by atoms with Gasteiger partial charge in [-0.2, -0.15) is 0 Å². The van der Waals surface area contributed by atoms with Crippen molar-refractivity contribution in [2.24, 2.45) is 11.1 Å². The topological polar surface area (TPSA) is 64.3 Å². The Bertz CT molecular complexity index is 416. The van der Waals surface area contributed by atoms with Crippen LogP contribution < -0.4 is 15.8 Å². The van der Waals surface area contributed by atoms with Gasteiger partial charge in [0.25, 0.3) is 0 Å². The van der Waals surface area contributed by atoms with Crippen LogP contribution in [-0.2, 0) is 11.2 Å². The molecule has 19 heavy (non-hydrogen) atoms. The molecule has 0 bridgehead atoms. The molecule has 0 aliphatic heterocycles. The Morgan fingerprint density at radius 1 is 1.37 bits per heavy atom. The first kappa shape index (κ1) is 15.5. The van der Waals surface area contributed by atoms with Crippen LogP contribution in [-0.4, -0.2) is 26.1 Å². The summed E-state index contributed by atoms with van der Waals surface area (Å²) < 4.78 is 5.26. The predicted molar refractivity (Wildman–Crippen MR) is 77.2 cm³/mol. The molecule has 1 aromatic rings. The second-order valence-corrected chi connectivity index (χ2v) is 5.46. The number of carbonyl (C=O) groups excluding carboxylic acids is 1. The molecule has 0 aliphatic rings. The van der Waals surface area contributed by atoms with Gasteiger partial charge in [0.1, 0.15) is 5.75 Å². The van der Waals surface area contributed by atoms with Crippen molar-refractivity contribution in [3.05, 3.63) is 29.8 Å². The van der Waals surface area contributed by atoms with Crippen LogP contribution >= 0.6 is 0 Å². The van der Waals surface area contributed by atoms with E-state index in [0.717, 1.165) is 11.3 Å². The maximum Gasteiger partial charge on any atom is 0.220 e. The number of hydrogen-bond acceptors (Lipinski definition) is 3. The SMILES string of the molecule is COc1ccccc1CCC(=O)NCC(C)(C)CN. The highest BCUT2D eigenvalue weighted by atomic mass is 16.5. The fourth-order valence-electron chi connectivity index (χ4n) is 1.66. The van der Waals surface area contributed by atoms with E-state index in [1.165, 1.54) is 0 Å². The Labute approximate surface area is 115 Å². The first-order chi connectivity index (χ1) is 8.98. The number of ether oxygens (including phenoxy) is 1. The average Bonchev–Trinajstić information content (AvgIpc) is 2.43. The monoisotopic (exact) mass is 264 g/mol. The quantitative estimate of drug-likeness (QED) is 0.788. The summed E-state index contributed by atoms with van der Waals surface area (Å²) in [5.74, 6) is 0.880. The molecular formula is C15H24N2O2. The van der Waals surface area contributed by atoms with Gasteiger partial charge in [0.15, 0.2) is 0 Å². The number of aryl methyl sites for hydroxylation is 1. The van der Waals surface area contributed by atoms with E-state index >= 15 is 0 Å². The summed E-state index contributed by atoms with van der Waals surface area (Å²) in [6.45, 7) is 5.23. The lowest BCUT2D eigenvalue weighted by atomic mass is 9.94. The molecule has 0 saturated carbocycles. The highest BCUT2D eigenvalue weighted by Gasteiger charge is 2.16. The summed E-state index contributed by atoms with van der Waals surface area (Å²) >= 11 is 0. The van der Waals surface area contributed by atoms with Crippen molar-refractivity contribution in [3.63, 3.8) is 0 Å². The van der Waals surface area contributed by atoms with E-state index in [0.29, 0.717) is 25.9 Å². The molecule has 4 nitrogen and oxygen atoms in total. The number of nitrogens with two attached hydrogens (primary N) is 1. The van der Waals surface area contributed by atoms with E-state index in [2.05, 4.69) is 5.32 Å². The van der Waals surface area contributed by atoms with Crippen LogP contribution in [0, 0.1) is 5.41 Å². The largest absolute Gasteiger partial charge is 0.496 e. The van der Waals surface area contributed by atoms with Gasteiger partial charge in [0.05, 0.1) is 7.11 Å². The summed E-state index contributed by atoms with van der Waals surface area (Å²) in [4.78, 5) is 11.8. The molecule has 0 atom stereocenters. The van der Waals surface area contributed by atoms with E-state index in [1.54, 1.807) is 7.11 Å². The molecule has 0 aromatic heterocycles. The fraction of sp³-hybridized carbons (Fsp3) is 0.533. The van der Waals surface area contributed by atoms with E-state index in [4.69, 9.17) is 10.5 Å². The molecule has 1 rings (SSSR count). The second-order valence-electron chi connectivity index (χ2n) is 5.46. The van der Waals surface area contributed by atoms with Gasteiger partial charge in [0.2, 0.25) is 5.91 Å². The number of hydrogen-bond donors (Lipinski definition) is 2. The first-order valence-corrected chi connectivity index (χ1v) is 6.57. The van der Waals surface area contributed by atoms with Crippen molar-refractivity contribution < 1.29 is 9.53 Å². The standard InChI is InChI=1S/C15H24N2O2/c1-15(2,10-16)11-17-14(18)9-8-12-6-4-5-7-13(12)19-3/h4-7H,8-11,16H2,1-3H3,(H,17,18). The van der Waals surface area contributed by atoms with E-state index in [9.17, 15) is 4.79 Å². The van der Waals surface area contributed by atoms with Crippen molar-refractivity contribution in [2.75, 3.05) is 20.2 Å². The molecule has 0 unspecified atom stereocenters. The fourth-order valence-corrected chi connectivity index (χ4v) is 1.66. The summed E-state index contributed by atoms with van der Waals surface area (Å²) in [6, 6.07) is 7.76. The summed E-state index contributed by atoms with van der Waals surface area (Å²) in [6.07, 6.45) is 1.14. The lowest BCUT2D eigenvalue weighted by molar-refractivity contribution is -0.121. The zero-order valence-electron chi connectivity index (χ0n) is 12.0. The van der Waals surface area contributed by atoms with Gasteiger partial charge in [0, 0.05) is 13.0 Å². The molecule has 1 aromatic carbocycles. The van der Waals surface area contributed by atoms with Crippen LogP contribution in [0.25, 0.3) is 0 Å². The third kappa shape index (κ3) is 5.30. The highest BCUT2D eigenvalue weighted by Crippen LogP contribution is 2.18. The van der Waals surface area contributed by atoms with Crippen LogP contribution in [0.1, 0.15) is 25.8 Å². The van der Waals surface area contributed by atoms with Gasteiger partial charge in [-0.05, 0) is 30.0 Å². The maximum atomic E-state index is 11.8. The van der Waals surface area contributed by atoms with Crippen LogP contribution in [0.5, 0.6) is 5.75 Å². The molecule has 106 valence electrons. The zero-order valence-corrected chi connectivity index (χ0v) is 12.0. The van der Waals surface area contributed by atoms with Gasteiger partial charge in [-0.3, -0.25) is 4.79 Å². The van der Waals surface area contributed by atoms with E-state index < -0.39 is 0 Å². The first-order valence-electron chi connectivity index (χ1n) is 6.57. The maximum absolute atomic E-state index is 11.8. The van der Waals surface area contributed by atoms with Gasteiger partial charge >= 0.3 is 0 Å². The third-order valence-corrected chi connectivity index (χ3v) is 3.13. The van der Waals surface area contributed by atoms with Crippen molar-refractivity contribution in [1.82, 2.24) is 5.32 Å². The summed E-state index contributed by atoms with van der Waals surface area (Å²) in [5.41, 5.74) is 6.63. The number of amides is 1. The molecule has 0 spiro atoms. The smallest absolute Gasteiger partial charge is 0.220 e. The minimum Gasteiger partial charge on any atom is -0.496 e. The molecule has 0 aliphatic carbocycles. The Balaban J connectivity index is 2.42. The summed E-state index contributed by atoms with van der Waals surface area (Å²) in [7, 11) is 1.64. The number of para-hydroxylation sites is 1. The molecular weight excluding hydrogens is 240 g/mol. The Morgan fingerprint density at radius 3 is 2.68 bits per heavy atom. The van der Waals surface area contributed by atoms with Crippen molar-refractivity contribution in [1.29, 1.82) is 0 Å². The van der Waals surface area contributed by atoms with Crippen LogP contribution in [0.3, 0.4) is 0 Å². The van der Waals surface area contributed by atoms with E-state index in [1.807, 2.05) is 38.1 Å². The van der Waals surface area contributed by atoms with Crippen molar-refractivity contribution >= 4 is 5.91 Å². The van der Waals surface area contributed by atoms with Gasteiger partial charge in [-0.25, -0.2) is 0 Å². The molecule has 0 fully saturated rings. The number of rotatable bonds is 7. The molecule has 3 N–H and O–H groups in total. The average molecular weight is 264 g/mol. The molecule has 1 amide bonds. The number of methoxy groups -OCH3 is 1. The molecule has 0 heterocycles. The van der Waals surface area contributed by atoms with E-state index in [-0.39, 0.29) is 11.3 Å². The van der Waals surface area contributed by atoms with Crippen molar-refractivity contribution in [2.45, 2.75) is 26.7 Å². The number of benzene rings is 1. The minimum atomic E-state index is -0.0555. The highest BCUT2D eigenvalue weighted by molar-refractivity contribution is 5.76. The Morgan fingerprint density at radius 2 is 2.05 bits per heavy atom. The van der Waals surface area contributed by atoms with Gasteiger partial charge < -0.3 is 15.8 Å². The van der Waals surface area contributed by atoms with Crippen LogP contribution in [0.15, 0.2) is 24.3 Å². The zero-order chi connectivity index (χ0) is 14.3. The Kier molecular flexibility index (Phi) is 5.83. The number of nitrogens with one attached hydrogen (secondary N) is 1. The molecule has 0 radical (unpaired) electrons.